The third kappa shape index (κ3) is 3.03. The third-order valence-electron chi connectivity index (χ3n) is 4.62. The van der Waals surface area contributed by atoms with Crippen LogP contribution in [0.15, 0.2) is 24.3 Å². The van der Waals surface area contributed by atoms with Crippen LogP contribution in [0, 0.1) is 0 Å². The van der Waals surface area contributed by atoms with Crippen LogP contribution in [-0.2, 0) is 14.3 Å². The maximum absolute atomic E-state index is 13.1. The number of hydrogen-bond donors (Lipinski definition) is 1. The highest BCUT2D eigenvalue weighted by molar-refractivity contribution is 6.14. The van der Waals surface area contributed by atoms with Gasteiger partial charge in [0, 0.05) is 13.1 Å². The van der Waals surface area contributed by atoms with E-state index in [9.17, 15) is 9.59 Å². The van der Waals surface area contributed by atoms with Crippen molar-refractivity contribution in [2.24, 2.45) is 0 Å². The Bertz CT molecular complexity index is 669. The first-order chi connectivity index (χ1) is 11.2. The second-order valence-electron chi connectivity index (χ2n) is 7.58. The van der Waals surface area contributed by atoms with Gasteiger partial charge in [-0.2, -0.15) is 0 Å². The zero-order valence-corrected chi connectivity index (χ0v) is 14.8. The third-order valence-corrected chi connectivity index (χ3v) is 4.62. The molecule has 24 heavy (non-hydrogen) atoms. The molecular weight excluding hydrogens is 306 g/mol. The average Bonchev–Trinajstić information content (AvgIpc) is 2.47. The molecule has 3 rings (SSSR count). The number of ether oxygens (including phenoxy) is 1. The van der Waals surface area contributed by atoms with E-state index in [1.165, 1.54) is 0 Å². The molecule has 6 heteroatoms. The summed E-state index contributed by atoms with van der Waals surface area (Å²) < 4.78 is 5.71. The highest BCUT2D eigenvalue weighted by atomic mass is 16.5. The Balaban J connectivity index is 1.86. The fourth-order valence-corrected chi connectivity index (χ4v) is 3.41. The van der Waals surface area contributed by atoms with E-state index >= 15 is 0 Å². The second kappa shape index (κ2) is 5.86. The average molecular weight is 331 g/mol. The van der Waals surface area contributed by atoms with E-state index in [1.807, 2.05) is 38.1 Å². The number of benzene rings is 1. The van der Waals surface area contributed by atoms with Gasteiger partial charge < -0.3 is 10.1 Å². The molecule has 0 saturated carbocycles. The number of carbonyl (C=O) groups excluding carboxylic acids is 2. The summed E-state index contributed by atoms with van der Waals surface area (Å²) in [7, 11) is 0. The van der Waals surface area contributed by atoms with Gasteiger partial charge in [0.05, 0.1) is 30.1 Å². The van der Waals surface area contributed by atoms with Gasteiger partial charge in [0.2, 0.25) is 11.8 Å². The highest BCUT2D eigenvalue weighted by Crippen LogP contribution is 2.36. The number of para-hydroxylation sites is 2. The van der Waals surface area contributed by atoms with E-state index in [0.717, 1.165) is 12.2 Å². The maximum Gasteiger partial charge on any atom is 0.250 e. The Kier molecular flexibility index (Phi) is 4.13. The van der Waals surface area contributed by atoms with Gasteiger partial charge in [-0.1, -0.05) is 12.1 Å². The van der Waals surface area contributed by atoms with Crippen LogP contribution in [0.1, 0.15) is 27.7 Å². The summed E-state index contributed by atoms with van der Waals surface area (Å²) in [4.78, 5) is 29.2. The summed E-state index contributed by atoms with van der Waals surface area (Å²) in [6, 6.07) is 7.42. The Hall–Kier alpha value is -1.92. The number of fused-ring (bicyclic) bond motifs is 1. The van der Waals surface area contributed by atoms with Crippen LogP contribution in [0.3, 0.4) is 0 Å². The highest BCUT2D eigenvalue weighted by Gasteiger charge is 2.44. The lowest BCUT2D eigenvalue weighted by atomic mass is 9.96. The number of hydrogen-bond acceptors (Lipinski definition) is 4. The standard InChI is InChI=1S/C18H25N3O3/c1-17(2)12-20(9-10-24-17)11-15(22)21-14-8-6-5-7-13(14)19-16(23)18(21,3)4/h5-8H,9-12H2,1-4H3,(H,19,23). The molecule has 1 saturated heterocycles. The van der Waals surface area contributed by atoms with Crippen molar-refractivity contribution < 1.29 is 14.3 Å². The monoisotopic (exact) mass is 331 g/mol. The summed E-state index contributed by atoms with van der Waals surface area (Å²) in [5, 5.41) is 2.89. The predicted molar refractivity (Wildman–Crippen MR) is 93.1 cm³/mol. The molecule has 0 atom stereocenters. The topological polar surface area (TPSA) is 61.9 Å². The second-order valence-corrected chi connectivity index (χ2v) is 7.58. The molecule has 2 heterocycles. The van der Waals surface area contributed by atoms with E-state index in [-0.39, 0.29) is 24.0 Å². The van der Waals surface area contributed by atoms with Crippen molar-refractivity contribution in [3.8, 4) is 0 Å². The number of anilines is 2. The van der Waals surface area contributed by atoms with Crippen molar-refractivity contribution in [1.29, 1.82) is 0 Å². The largest absolute Gasteiger partial charge is 0.373 e. The minimum atomic E-state index is -0.923. The number of rotatable bonds is 2. The molecule has 0 bridgehead atoms. The molecule has 0 aliphatic carbocycles. The number of morpholine rings is 1. The molecule has 0 unspecified atom stereocenters. The van der Waals surface area contributed by atoms with E-state index in [1.54, 1.807) is 18.7 Å². The Labute approximate surface area is 142 Å². The van der Waals surface area contributed by atoms with E-state index in [0.29, 0.717) is 18.8 Å². The quantitative estimate of drug-likeness (QED) is 0.898. The van der Waals surface area contributed by atoms with Crippen LogP contribution in [0.25, 0.3) is 0 Å². The lowest BCUT2D eigenvalue weighted by Gasteiger charge is -2.44. The minimum absolute atomic E-state index is 0.0694. The summed E-state index contributed by atoms with van der Waals surface area (Å²) in [5.41, 5.74) is 0.246. The number of carbonyl (C=O) groups is 2. The molecule has 1 fully saturated rings. The fourth-order valence-electron chi connectivity index (χ4n) is 3.41. The van der Waals surface area contributed by atoms with Crippen LogP contribution in [0.4, 0.5) is 11.4 Å². The van der Waals surface area contributed by atoms with Crippen LogP contribution >= 0.6 is 0 Å². The summed E-state index contributed by atoms with van der Waals surface area (Å²) in [5.74, 6) is -0.239. The molecule has 0 aromatic heterocycles. The van der Waals surface area contributed by atoms with Gasteiger partial charge >= 0.3 is 0 Å². The van der Waals surface area contributed by atoms with E-state index in [2.05, 4.69) is 10.2 Å². The van der Waals surface area contributed by atoms with Gasteiger partial charge in [0.1, 0.15) is 5.54 Å². The molecule has 6 nitrogen and oxygen atoms in total. The molecule has 1 N–H and O–H groups in total. The number of nitrogens with one attached hydrogen (secondary N) is 1. The van der Waals surface area contributed by atoms with Crippen LogP contribution in [-0.4, -0.2) is 54.1 Å². The van der Waals surface area contributed by atoms with Crippen molar-refractivity contribution in [1.82, 2.24) is 4.90 Å². The SMILES string of the molecule is CC1(C)CN(CC(=O)N2c3ccccc3NC(=O)C2(C)C)CCO1. The Morgan fingerprint density at radius 1 is 1.25 bits per heavy atom. The van der Waals surface area contributed by atoms with Crippen molar-refractivity contribution in [2.45, 2.75) is 38.8 Å². The first kappa shape index (κ1) is 16.9. The van der Waals surface area contributed by atoms with Gasteiger partial charge in [0.15, 0.2) is 0 Å². The van der Waals surface area contributed by atoms with Crippen LogP contribution in [0.5, 0.6) is 0 Å². The van der Waals surface area contributed by atoms with Gasteiger partial charge in [-0.3, -0.25) is 19.4 Å². The van der Waals surface area contributed by atoms with E-state index < -0.39 is 5.54 Å². The van der Waals surface area contributed by atoms with E-state index in [4.69, 9.17) is 4.74 Å². The normalized spacial score (nSPS) is 22.7. The molecule has 2 aliphatic rings. The molecule has 2 aliphatic heterocycles. The van der Waals surface area contributed by atoms with Gasteiger partial charge in [-0.05, 0) is 39.8 Å². The summed E-state index contributed by atoms with van der Waals surface area (Å²) >= 11 is 0. The zero-order valence-electron chi connectivity index (χ0n) is 14.8. The van der Waals surface area contributed by atoms with Gasteiger partial charge in [-0.15, -0.1) is 0 Å². The van der Waals surface area contributed by atoms with Crippen molar-refractivity contribution in [3.63, 3.8) is 0 Å². The first-order valence-corrected chi connectivity index (χ1v) is 8.31. The first-order valence-electron chi connectivity index (χ1n) is 8.31. The van der Waals surface area contributed by atoms with Crippen LogP contribution < -0.4 is 10.2 Å². The Morgan fingerprint density at radius 3 is 2.67 bits per heavy atom. The molecule has 0 radical (unpaired) electrons. The van der Waals surface area contributed by atoms with Gasteiger partial charge in [0.25, 0.3) is 0 Å². The molecule has 1 aromatic rings. The predicted octanol–water partition coefficient (Wildman–Crippen LogP) is 1.86. The van der Waals surface area contributed by atoms with Crippen molar-refractivity contribution in [2.75, 3.05) is 36.5 Å². The smallest absolute Gasteiger partial charge is 0.250 e. The zero-order chi connectivity index (χ0) is 17.5. The Morgan fingerprint density at radius 2 is 1.96 bits per heavy atom. The van der Waals surface area contributed by atoms with Crippen molar-refractivity contribution in [3.05, 3.63) is 24.3 Å². The molecule has 1 aromatic carbocycles. The molecule has 0 spiro atoms. The lowest BCUT2D eigenvalue weighted by Crippen LogP contribution is -2.61. The van der Waals surface area contributed by atoms with Crippen molar-refractivity contribution >= 4 is 23.2 Å². The fraction of sp³-hybridized carbons (Fsp3) is 0.556. The summed E-state index contributed by atoms with van der Waals surface area (Å²) in [6.45, 7) is 9.91. The molecule has 130 valence electrons. The molecular formula is C18H25N3O3. The number of amides is 2. The maximum atomic E-state index is 13.1. The van der Waals surface area contributed by atoms with Gasteiger partial charge in [-0.25, -0.2) is 0 Å². The van der Waals surface area contributed by atoms with Crippen LogP contribution in [0.2, 0.25) is 0 Å². The minimum Gasteiger partial charge on any atom is -0.373 e. The number of nitrogens with zero attached hydrogens (tertiary/aromatic N) is 2. The summed E-state index contributed by atoms with van der Waals surface area (Å²) in [6.07, 6.45) is 0. The molecule has 2 amide bonds. The lowest BCUT2D eigenvalue weighted by molar-refractivity contribution is -0.130.